The molecule has 1 N–H and O–H groups in total. The summed E-state index contributed by atoms with van der Waals surface area (Å²) in [6, 6.07) is 7.19. The molecule has 2 heterocycles. The highest BCUT2D eigenvalue weighted by Gasteiger charge is 2.39. The maximum atomic E-state index is 12.4. The molecule has 2 aliphatic rings. The SMILES string of the molecule is O=C(O)[C@H]1CN(C(=O)[C@H]2CCCO2)c2ccccc21. The summed E-state index contributed by atoms with van der Waals surface area (Å²) in [6.07, 6.45) is 1.18. The van der Waals surface area contributed by atoms with Crippen molar-refractivity contribution in [1.29, 1.82) is 0 Å². The van der Waals surface area contributed by atoms with Crippen LogP contribution in [-0.2, 0) is 14.3 Å². The van der Waals surface area contributed by atoms with Crippen LogP contribution in [0.4, 0.5) is 5.69 Å². The van der Waals surface area contributed by atoms with Crippen molar-refractivity contribution in [1.82, 2.24) is 0 Å². The number of hydrogen-bond acceptors (Lipinski definition) is 3. The number of para-hydroxylation sites is 1. The topological polar surface area (TPSA) is 66.8 Å². The number of hydrogen-bond donors (Lipinski definition) is 1. The molecule has 1 fully saturated rings. The lowest BCUT2D eigenvalue weighted by Gasteiger charge is -2.20. The molecule has 2 aliphatic heterocycles. The fourth-order valence-corrected chi connectivity index (χ4v) is 2.77. The van der Waals surface area contributed by atoms with Crippen molar-refractivity contribution in [3.8, 4) is 0 Å². The van der Waals surface area contributed by atoms with E-state index in [-0.39, 0.29) is 12.5 Å². The Bertz CT molecular complexity index is 522. The minimum Gasteiger partial charge on any atom is -0.481 e. The highest BCUT2D eigenvalue weighted by molar-refractivity contribution is 6.01. The maximum Gasteiger partial charge on any atom is 0.312 e. The van der Waals surface area contributed by atoms with Gasteiger partial charge in [-0.3, -0.25) is 9.59 Å². The Morgan fingerprint density at radius 3 is 2.79 bits per heavy atom. The number of carboxylic acids is 1. The molecule has 0 aromatic heterocycles. The first-order valence-corrected chi connectivity index (χ1v) is 6.43. The second-order valence-electron chi connectivity index (χ2n) is 4.90. The van der Waals surface area contributed by atoms with E-state index in [1.807, 2.05) is 6.07 Å². The van der Waals surface area contributed by atoms with Crippen LogP contribution in [0.1, 0.15) is 24.3 Å². The number of anilines is 1. The zero-order valence-corrected chi connectivity index (χ0v) is 10.4. The van der Waals surface area contributed by atoms with Crippen LogP contribution in [0.15, 0.2) is 24.3 Å². The van der Waals surface area contributed by atoms with Gasteiger partial charge in [-0.1, -0.05) is 18.2 Å². The molecule has 0 unspecified atom stereocenters. The molecule has 1 aromatic carbocycles. The lowest BCUT2D eigenvalue weighted by molar-refractivity contribution is -0.138. The fraction of sp³-hybridized carbons (Fsp3) is 0.429. The first kappa shape index (κ1) is 12.2. The zero-order chi connectivity index (χ0) is 13.4. The van der Waals surface area contributed by atoms with Gasteiger partial charge in [0.2, 0.25) is 0 Å². The van der Waals surface area contributed by atoms with Crippen molar-refractivity contribution < 1.29 is 19.4 Å². The van der Waals surface area contributed by atoms with E-state index >= 15 is 0 Å². The molecular weight excluding hydrogens is 246 g/mol. The third-order valence-electron chi connectivity index (χ3n) is 3.74. The standard InChI is InChI=1S/C14H15NO4/c16-13(12-6-3-7-19-12)15-8-10(14(17)18)9-4-1-2-5-11(9)15/h1-2,4-5,10,12H,3,6-8H2,(H,17,18)/t10-,12+/m0/s1. The Morgan fingerprint density at radius 2 is 2.11 bits per heavy atom. The van der Waals surface area contributed by atoms with E-state index in [9.17, 15) is 14.7 Å². The molecule has 0 saturated carbocycles. The monoisotopic (exact) mass is 261 g/mol. The van der Waals surface area contributed by atoms with E-state index in [4.69, 9.17) is 4.74 Å². The number of benzene rings is 1. The zero-order valence-electron chi connectivity index (χ0n) is 10.4. The summed E-state index contributed by atoms with van der Waals surface area (Å²) >= 11 is 0. The van der Waals surface area contributed by atoms with Gasteiger partial charge in [-0.05, 0) is 24.5 Å². The summed E-state index contributed by atoms with van der Waals surface area (Å²) in [5.41, 5.74) is 1.41. The van der Waals surface area contributed by atoms with Gasteiger partial charge in [0.05, 0.1) is 0 Å². The molecule has 0 radical (unpaired) electrons. The quantitative estimate of drug-likeness (QED) is 0.873. The molecule has 100 valence electrons. The van der Waals surface area contributed by atoms with Crippen LogP contribution in [0, 0.1) is 0 Å². The van der Waals surface area contributed by atoms with Crippen LogP contribution < -0.4 is 4.90 Å². The summed E-state index contributed by atoms with van der Waals surface area (Å²) in [7, 11) is 0. The number of fused-ring (bicyclic) bond motifs is 1. The molecular formula is C14H15NO4. The van der Waals surface area contributed by atoms with Crippen LogP contribution in [-0.4, -0.2) is 36.2 Å². The van der Waals surface area contributed by atoms with Crippen molar-refractivity contribution in [2.24, 2.45) is 0 Å². The van der Waals surface area contributed by atoms with Crippen LogP contribution in [0.5, 0.6) is 0 Å². The molecule has 3 rings (SSSR count). The van der Waals surface area contributed by atoms with E-state index < -0.39 is 18.0 Å². The smallest absolute Gasteiger partial charge is 0.312 e. The Morgan fingerprint density at radius 1 is 1.32 bits per heavy atom. The lowest BCUT2D eigenvalue weighted by atomic mass is 10.0. The van der Waals surface area contributed by atoms with Gasteiger partial charge in [0.15, 0.2) is 0 Å². The Hall–Kier alpha value is -1.88. The summed E-state index contributed by atoms with van der Waals surface area (Å²) < 4.78 is 5.40. The number of amides is 1. The number of ether oxygens (including phenoxy) is 1. The van der Waals surface area contributed by atoms with Gasteiger partial charge in [-0.2, -0.15) is 0 Å². The molecule has 5 nitrogen and oxygen atoms in total. The fourth-order valence-electron chi connectivity index (χ4n) is 2.77. The second-order valence-corrected chi connectivity index (χ2v) is 4.90. The number of rotatable bonds is 2. The molecule has 0 bridgehead atoms. The van der Waals surface area contributed by atoms with Gasteiger partial charge >= 0.3 is 5.97 Å². The van der Waals surface area contributed by atoms with Gasteiger partial charge in [-0.25, -0.2) is 0 Å². The first-order valence-electron chi connectivity index (χ1n) is 6.43. The van der Waals surface area contributed by atoms with Gasteiger partial charge in [-0.15, -0.1) is 0 Å². The Labute approximate surface area is 110 Å². The molecule has 5 heteroatoms. The van der Waals surface area contributed by atoms with E-state index in [0.29, 0.717) is 17.9 Å². The minimum atomic E-state index is -0.893. The summed E-state index contributed by atoms with van der Waals surface area (Å²) in [4.78, 5) is 25.2. The van der Waals surface area contributed by atoms with Crippen LogP contribution in [0.2, 0.25) is 0 Å². The van der Waals surface area contributed by atoms with E-state index in [0.717, 1.165) is 12.8 Å². The van der Waals surface area contributed by atoms with Crippen molar-refractivity contribution in [2.45, 2.75) is 24.9 Å². The van der Waals surface area contributed by atoms with Gasteiger partial charge in [0, 0.05) is 18.8 Å². The number of aliphatic carboxylic acids is 1. The van der Waals surface area contributed by atoms with Crippen molar-refractivity contribution in [2.75, 3.05) is 18.1 Å². The number of nitrogens with zero attached hydrogens (tertiary/aromatic N) is 1. The normalized spacial score (nSPS) is 25.4. The molecule has 2 atom stereocenters. The van der Waals surface area contributed by atoms with Crippen molar-refractivity contribution in [3.63, 3.8) is 0 Å². The van der Waals surface area contributed by atoms with Gasteiger partial charge in [0.25, 0.3) is 5.91 Å². The number of carbonyl (C=O) groups excluding carboxylic acids is 1. The largest absolute Gasteiger partial charge is 0.481 e. The van der Waals surface area contributed by atoms with E-state index in [1.54, 1.807) is 23.1 Å². The predicted molar refractivity (Wildman–Crippen MR) is 68.1 cm³/mol. The van der Waals surface area contributed by atoms with Crippen molar-refractivity contribution in [3.05, 3.63) is 29.8 Å². The Kier molecular flexibility index (Phi) is 2.98. The molecule has 1 amide bonds. The van der Waals surface area contributed by atoms with Crippen LogP contribution in [0.3, 0.4) is 0 Å². The molecule has 19 heavy (non-hydrogen) atoms. The summed E-state index contributed by atoms with van der Waals surface area (Å²) in [5.74, 6) is -1.65. The van der Waals surface area contributed by atoms with Crippen molar-refractivity contribution >= 4 is 17.6 Å². The first-order chi connectivity index (χ1) is 9.18. The molecule has 0 spiro atoms. The van der Waals surface area contributed by atoms with Crippen LogP contribution >= 0.6 is 0 Å². The average molecular weight is 261 g/mol. The predicted octanol–water partition coefficient (Wildman–Crippen LogP) is 1.38. The maximum absolute atomic E-state index is 12.4. The molecule has 0 aliphatic carbocycles. The molecule has 1 aromatic rings. The second kappa shape index (κ2) is 4.66. The third-order valence-corrected chi connectivity index (χ3v) is 3.74. The van der Waals surface area contributed by atoms with E-state index in [1.165, 1.54) is 0 Å². The lowest BCUT2D eigenvalue weighted by Crippen LogP contribution is -2.38. The average Bonchev–Trinajstić information content (AvgIpc) is 3.05. The minimum absolute atomic E-state index is 0.117. The highest BCUT2D eigenvalue weighted by atomic mass is 16.5. The molecule has 1 saturated heterocycles. The Balaban J connectivity index is 1.91. The van der Waals surface area contributed by atoms with E-state index in [2.05, 4.69) is 0 Å². The number of carbonyl (C=O) groups is 2. The van der Waals surface area contributed by atoms with Gasteiger partial charge < -0.3 is 14.7 Å². The number of carboxylic acid groups (broad SMARTS) is 1. The third kappa shape index (κ3) is 2.00. The van der Waals surface area contributed by atoms with Gasteiger partial charge in [0.1, 0.15) is 12.0 Å². The summed E-state index contributed by atoms with van der Waals surface area (Å²) in [6.45, 7) is 0.807. The summed E-state index contributed by atoms with van der Waals surface area (Å²) in [5, 5.41) is 9.26. The highest BCUT2D eigenvalue weighted by Crippen LogP contribution is 2.37. The van der Waals surface area contributed by atoms with Crippen LogP contribution in [0.25, 0.3) is 0 Å².